The van der Waals surface area contributed by atoms with Crippen LogP contribution in [-0.2, 0) is 9.47 Å². The van der Waals surface area contributed by atoms with Crippen LogP contribution in [0.15, 0.2) is 18.3 Å². The van der Waals surface area contributed by atoms with E-state index in [0.29, 0.717) is 51.0 Å². The maximum Gasteiger partial charge on any atom is 0.254 e. The number of carbonyl (C=O) groups is 1. The van der Waals surface area contributed by atoms with Gasteiger partial charge in [-0.1, -0.05) is 0 Å². The molecular formula is C15H19FN2O3. The summed E-state index contributed by atoms with van der Waals surface area (Å²) < 4.78 is 24.3. The molecule has 6 heteroatoms. The highest BCUT2D eigenvalue weighted by Gasteiger charge is 2.52. The van der Waals surface area contributed by atoms with Crippen LogP contribution in [0.3, 0.4) is 0 Å². The van der Waals surface area contributed by atoms with Gasteiger partial charge in [-0.05, 0) is 13.0 Å². The minimum atomic E-state index is -0.632. The summed E-state index contributed by atoms with van der Waals surface area (Å²) in [5.74, 6) is -0.492. The Bertz CT molecular complexity index is 539. The lowest BCUT2D eigenvalue weighted by atomic mass is 9.82. The second-order valence-electron chi connectivity index (χ2n) is 5.76. The molecule has 5 nitrogen and oxygen atoms in total. The number of hydrogen-bond donors (Lipinski definition) is 0. The molecule has 0 N–H and O–H groups in total. The van der Waals surface area contributed by atoms with Gasteiger partial charge in [0.25, 0.3) is 5.91 Å². The molecule has 2 atom stereocenters. The van der Waals surface area contributed by atoms with E-state index < -0.39 is 5.95 Å². The average Bonchev–Trinajstić information content (AvgIpc) is 3.01. The van der Waals surface area contributed by atoms with Crippen molar-refractivity contribution in [1.29, 1.82) is 0 Å². The largest absolute Gasteiger partial charge is 0.381 e. The summed E-state index contributed by atoms with van der Waals surface area (Å²) in [5.41, 5.74) is 0.229. The van der Waals surface area contributed by atoms with E-state index in [1.807, 2.05) is 6.92 Å². The minimum absolute atomic E-state index is 0.114. The molecule has 0 unspecified atom stereocenters. The van der Waals surface area contributed by atoms with Gasteiger partial charge < -0.3 is 14.4 Å². The molecule has 2 saturated heterocycles. The Labute approximate surface area is 123 Å². The Morgan fingerprint density at radius 1 is 1.67 bits per heavy atom. The van der Waals surface area contributed by atoms with Crippen LogP contribution in [-0.4, -0.2) is 55.3 Å². The first-order chi connectivity index (χ1) is 10.1. The monoisotopic (exact) mass is 294 g/mol. The molecule has 0 aromatic carbocycles. The van der Waals surface area contributed by atoms with Crippen molar-refractivity contribution < 1.29 is 18.7 Å². The third-order valence-electron chi connectivity index (χ3n) is 4.38. The molecule has 0 bridgehead atoms. The summed E-state index contributed by atoms with van der Waals surface area (Å²) in [5, 5.41) is 0. The fourth-order valence-corrected chi connectivity index (χ4v) is 3.21. The van der Waals surface area contributed by atoms with Gasteiger partial charge in [-0.15, -0.1) is 0 Å². The summed E-state index contributed by atoms with van der Waals surface area (Å²) in [6.07, 6.45) is 1.32. The Balaban J connectivity index is 1.75. The average molecular weight is 294 g/mol. The van der Waals surface area contributed by atoms with Crippen LogP contribution in [0.4, 0.5) is 4.39 Å². The van der Waals surface area contributed by atoms with Crippen LogP contribution < -0.4 is 0 Å². The summed E-state index contributed by atoms with van der Waals surface area (Å²) in [6, 6.07) is 2.73. The molecule has 2 fully saturated rings. The minimum Gasteiger partial charge on any atom is -0.381 e. The topological polar surface area (TPSA) is 51.7 Å². The number of hydrogen-bond acceptors (Lipinski definition) is 4. The highest BCUT2D eigenvalue weighted by Crippen LogP contribution is 2.41. The molecule has 0 saturated carbocycles. The zero-order valence-corrected chi connectivity index (χ0v) is 12.0. The lowest BCUT2D eigenvalue weighted by Gasteiger charge is -2.26. The Morgan fingerprint density at radius 3 is 3.29 bits per heavy atom. The van der Waals surface area contributed by atoms with Gasteiger partial charge in [-0.2, -0.15) is 4.39 Å². The quantitative estimate of drug-likeness (QED) is 0.787. The summed E-state index contributed by atoms with van der Waals surface area (Å²) in [7, 11) is 0. The first kappa shape index (κ1) is 14.4. The first-order valence-electron chi connectivity index (χ1n) is 7.21. The van der Waals surface area contributed by atoms with Crippen LogP contribution in [0.2, 0.25) is 0 Å². The predicted octanol–water partition coefficient (Wildman–Crippen LogP) is 1.35. The molecule has 1 aromatic rings. The number of fused-ring (bicyclic) bond motifs is 1. The predicted molar refractivity (Wildman–Crippen MR) is 73.3 cm³/mol. The highest BCUT2D eigenvalue weighted by molar-refractivity contribution is 5.94. The van der Waals surface area contributed by atoms with Crippen molar-refractivity contribution in [3.8, 4) is 0 Å². The van der Waals surface area contributed by atoms with Gasteiger partial charge in [0.2, 0.25) is 5.95 Å². The van der Waals surface area contributed by atoms with Crippen molar-refractivity contribution in [3.05, 3.63) is 29.8 Å². The normalized spacial score (nSPS) is 27.9. The van der Waals surface area contributed by atoms with Crippen molar-refractivity contribution in [2.75, 3.05) is 39.5 Å². The number of ether oxygens (including phenoxy) is 2. The first-order valence-corrected chi connectivity index (χ1v) is 7.21. The van der Waals surface area contributed by atoms with Crippen molar-refractivity contribution in [2.24, 2.45) is 11.3 Å². The lowest BCUT2D eigenvalue weighted by molar-refractivity contribution is 0.0317. The zero-order chi connectivity index (χ0) is 14.9. The molecule has 0 radical (unpaired) electrons. The number of rotatable bonds is 4. The van der Waals surface area contributed by atoms with E-state index in [1.54, 1.807) is 11.0 Å². The maximum absolute atomic E-state index is 13.2. The van der Waals surface area contributed by atoms with Crippen LogP contribution in [0.25, 0.3) is 0 Å². The molecule has 0 aliphatic carbocycles. The van der Waals surface area contributed by atoms with E-state index in [1.165, 1.54) is 12.3 Å². The van der Waals surface area contributed by atoms with Crippen molar-refractivity contribution >= 4 is 5.91 Å². The van der Waals surface area contributed by atoms with Gasteiger partial charge in [-0.3, -0.25) is 4.79 Å². The summed E-state index contributed by atoms with van der Waals surface area (Å²) in [6.45, 7) is 5.71. The summed E-state index contributed by atoms with van der Waals surface area (Å²) >= 11 is 0. The van der Waals surface area contributed by atoms with Crippen LogP contribution in [0.1, 0.15) is 17.3 Å². The third kappa shape index (κ3) is 2.65. The lowest BCUT2D eigenvalue weighted by Crippen LogP contribution is -2.37. The number of aromatic nitrogens is 1. The summed E-state index contributed by atoms with van der Waals surface area (Å²) in [4.78, 5) is 17.8. The van der Waals surface area contributed by atoms with Crippen LogP contribution in [0, 0.1) is 17.3 Å². The van der Waals surface area contributed by atoms with Gasteiger partial charge in [0, 0.05) is 48.9 Å². The SMILES string of the molecule is CCOC[C@]12COC[C@H]1CN(C(=O)c1ccnc(F)c1)C2. The second kappa shape index (κ2) is 5.69. The molecule has 1 amide bonds. The number of pyridine rings is 1. The molecule has 21 heavy (non-hydrogen) atoms. The number of carbonyl (C=O) groups excluding carboxylic acids is 1. The number of likely N-dealkylation sites (tertiary alicyclic amines) is 1. The van der Waals surface area contributed by atoms with Crippen LogP contribution in [0.5, 0.6) is 0 Å². The zero-order valence-electron chi connectivity index (χ0n) is 12.0. The Morgan fingerprint density at radius 2 is 2.52 bits per heavy atom. The molecule has 3 heterocycles. The number of amides is 1. The standard InChI is InChI=1S/C15H19FN2O3/c1-2-20-9-15-8-18(6-12(15)7-21-10-15)14(19)11-3-4-17-13(16)5-11/h3-5,12H,2,6-10H2,1H3/t12-,15-/m1/s1. The smallest absolute Gasteiger partial charge is 0.254 e. The number of halogens is 1. The number of nitrogens with zero attached hydrogens (tertiary/aromatic N) is 2. The van der Waals surface area contributed by atoms with Gasteiger partial charge in [0.1, 0.15) is 0 Å². The Hall–Kier alpha value is -1.53. The molecular weight excluding hydrogens is 275 g/mol. The van der Waals surface area contributed by atoms with E-state index >= 15 is 0 Å². The second-order valence-corrected chi connectivity index (χ2v) is 5.76. The third-order valence-corrected chi connectivity index (χ3v) is 4.38. The van der Waals surface area contributed by atoms with E-state index in [9.17, 15) is 9.18 Å². The van der Waals surface area contributed by atoms with Gasteiger partial charge in [-0.25, -0.2) is 4.98 Å². The molecule has 0 spiro atoms. The molecule has 114 valence electrons. The van der Waals surface area contributed by atoms with Gasteiger partial charge in [0.05, 0.1) is 19.8 Å². The van der Waals surface area contributed by atoms with Crippen molar-refractivity contribution in [1.82, 2.24) is 9.88 Å². The van der Waals surface area contributed by atoms with E-state index in [0.717, 1.165) is 0 Å². The molecule has 1 aromatic heterocycles. The molecule has 3 rings (SSSR count). The fraction of sp³-hybridized carbons (Fsp3) is 0.600. The maximum atomic E-state index is 13.2. The van der Waals surface area contributed by atoms with Gasteiger partial charge >= 0.3 is 0 Å². The highest BCUT2D eigenvalue weighted by atomic mass is 19.1. The molecule has 2 aliphatic rings. The van der Waals surface area contributed by atoms with E-state index in [-0.39, 0.29) is 11.3 Å². The molecule has 2 aliphatic heterocycles. The van der Waals surface area contributed by atoms with Crippen molar-refractivity contribution in [3.63, 3.8) is 0 Å². The van der Waals surface area contributed by atoms with E-state index in [4.69, 9.17) is 9.47 Å². The van der Waals surface area contributed by atoms with Crippen molar-refractivity contribution in [2.45, 2.75) is 6.92 Å². The fourth-order valence-electron chi connectivity index (χ4n) is 3.21. The Kier molecular flexibility index (Phi) is 3.91. The van der Waals surface area contributed by atoms with Crippen LogP contribution >= 0.6 is 0 Å². The van der Waals surface area contributed by atoms with Gasteiger partial charge in [0.15, 0.2) is 0 Å². The van der Waals surface area contributed by atoms with E-state index in [2.05, 4.69) is 4.98 Å².